The topological polar surface area (TPSA) is 46.6 Å². The van der Waals surface area contributed by atoms with Crippen molar-refractivity contribution < 1.29 is 23.4 Å². The molecule has 1 spiro atoms. The molecule has 8 nitrogen and oxygen atoms in total. The minimum absolute atomic E-state index is 0.650. The molecule has 39 heavy (non-hydrogen) atoms. The summed E-state index contributed by atoms with van der Waals surface area (Å²) in [4.78, 5) is 7.46. The van der Waals surface area contributed by atoms with Crippen molar-refractivity contribution in [2.24, 2.45) is 0 Å². The average molecular weight is 538 g/mol. The third-order valence-electron chi connectivity index (χ3n) is 9.36. The van der Waals surface area contributed by atoms with E-state index in [4.69, 9.17) is 18.9 Å². The lowest BCUT2D eigenvalue weighted by Gasteiger charge is -2.39. The Hall–Kier alpha value is -2.84. The van der Waals surface area contributed by atoms with Crippen molar-refractivity contribution in [3.63, 3.8) is 0 Å². The summed E-state index contributed by atoms with van der Waals surface area (Å²) in [5.41, 5.74) is 2.40. The summed E-state index contributed by atoms with van der Waals surface area (Å²) in [6, 6.07) is 14.0. The number of piperazine rings is 2. The van der Waals surface area contributed by atoms with Gasteiger partial charge in [0.05, 0.1) is 37.6 Å². The molecule has 212 valence electrons. The predicted molar refractivity (Wildman–Crippen MR) is 155 cm³/mol. The third kappa shape index (κ3) is 5.46. The van der Waals surface area contributed by atoms with Gasteiger partial charge in [-0.05, 0) is 44.5 Å². The van der Waals surface area contributed by atoms with Crippen LogP contribution in [-0.2, 0) is 0 Å². The fourth-order valence-corrected chi connectivity index (χ4v) is 6.48. The lowest BCUT2D eigenvalue weighted by molar-refractivity contribution is -0.813. The SMILES string of the molecule is CC1C[N+]12CCN(c1cccc3c1OCCO3)CC2.CCC(C)N1CCN(c2cccc3c2OCCO3)CC1. The highest BCUT2D eigenvalue weighted by Gasteiger charge is 2.52. The van der Waals surface area contributed by atoms with Crippen LogP contribution in [0.3, 0.4) is 0 Å². The van der Waals surface area contributed by atoms with E-state index in [1.165, 1.54) is 41.9 Å². The van der Waals surface area contributed by atoms with E-state index in [1.54, 1.807) is 0 Å². The molecule has 7 rings (SSSR count). The monoisotopic (exact) mass is 537 g/mol. The summed E-state index contributed by atoms with van der Waals surface area (Å²) >= 11 is 0. The standard InChI is InChI=1S/C16H24N2O2.C15H21N2O2/c1-3-13(2)17-7-9-18(10-8-17)14-5-4-6-15-16(14)20-12-11-19-15;1-12-11-17(12)7-5-16(6-8-17)13-3-2-4-14-15(13)19-10-9-18-14/h4-6,13H,3,7-12H2,1-2H3;2-4,12H,5-11H2,1H3/q;+1. The first-order chi connectivity index (χ1) is 19.1. The first-order valence-corrected chi connectivity index (χ1v) is 14.9. The maximum atomic E-state index is 5.82. The van der Waals surface area contributed by atoms with E-state index in [9.17, 15) is 0 Å². The van der Waals surface area contributed by atoms with Crippen molar-refractivity contribution in [2.75, 3.05) is 95.1 Å². The lowest BCUT2D eigenvalue weighted by atomic mass is 10.1. The Bertz CT molecular complexity index is 1130. The lowest BCUT2D eigenvalue weighted by Crippen LogP contribution is -2.49. The summed E-state index contributed by atoms with van der Waals surface area (Å²) in [7, 11) is 0. The molecule has 2 aromatic rings. The Morgan fingerprint density at radius 3 is 1.72 bits per heavy atom. The number of hydrogen-bond donors (Lipinski definition) is 0. The van der Waals surface area contributed by atoms with Gasteiger partial charge in [-0.1, -0.05) is 19.1 Å². The molecule has 5 aliphatic heterocycles. The molecule has 0 bridgehead atoms. The molecule has 0 N–H and O–H groups in total. The highest BCUT2D eigenvalue weighted by Crippen LogP contribution is 2.42. The first-order valence-electron chi connectivity index (χ1n) is 14.9. The number of para-hydroxylation sites is 2. The van der Waals surface area contributed by atoms with Gasteiger partial charge in [0.2, 0.25) is 0 Å². The average Bonchev–Trinajstić information content (AvgIpc) is 3.63. The molecule has 5 heterocycles. The van der Waals surface area contributed by atoms with E-state index < -0.39 is 0 Å². The molecule has 0 radical (unpaired) electrons. The molecule has 0 aromatic heterocycles. The van der Waals surface area contributed by atoms with Gasteiger partial charge in [-0.2, -0.15) is 0 Å². The zero-order valence-electron chi connectivity index (χ0n) is 23.9. The number of anilines is 2. The minimum Gasteiger partial charge on any atom is -0.486 e. The maximum Gasteiger partial charge on any atom is 0.184 e. The van der Waals surface area contributed by atoms with Gasteiger partial charge in [0, 0.05) is 32.2 Å². The molecule has 2 atom stereocenters. The van der Waals surface area contributed by atoms with E-state index in [1.807, 2.05) is 12.1 Å². The van der Waals surface area contributed by atoms with E-state index >= 15 is 0 Å². The minimum atomic E-state index is 0.650. The Labute approximate surface area is 233 Å². The number of hydrogen-bond acceptors (Lipinski definition) is 7. The second-order valence-electron chi connectivity index (χ2n) is 11.6. The van der Waals surface area contributed by atoms with Crippen LogP contribution < -0.4 is 28.7 Å². The molecule has 3 saturated heterocycles. The van der Waals surface area contributed by atoms with Gasteiger partial charge in [-0.15, -0.1) is 0 Å². The number of fused-ring (bicyclic) bond motifs is 2. The molecule has 2 unspecified atom stereocenters. The number of nitrogens with zero attached hydrogens (tertiary/aromatic N) is 4. The fraction of sp³-hybridized carbons (Fsp3) is 0.613. The zero-order valence-corrected chi connectivity index (χ0v) is 23.9. The number of benzene rings is 2. The molecule has 3 fully saturated rings. The van der Waals surface area contributed by atoms with Crippen molar-refractivity contribution in [2.45, 2.75) is 39.3 Å². The van der Waals surface area contributed by atoms with Gasteiger partial charge in [-0.25, -0.2) is 0 Å². The number of rotatable bonds is 4. The van der Waals surface area contributed by atoms with Crippen LogP contribution in [0.1, 0.15) is 27.2 Å². The maximum absolute atomic E-state index is 5.82. The van der Waals surface area contributed by atoms with Crippen molar-refractivity contribution in [1.29, 1.82) is 0 Å². The zero-order chi connectivity index (χ0) is 26.8. The van der Waals surface area contributed by atoms with Crippen molar-refractivity contribution in [3.8, 4) is 23.0 Å². The highest BCUT2D eigenvalue weighted by atomic mass is 16.6. The summed E-state index contributed by atoms with van der Waals surface area (Å²) in [5.74, 6) is 3.66. The van der Waals surface area contributed by atoms with Gasteiger partial charge < -0.3 is 33.2 Å². The second-order valence-corrected chi connectivity index (χ2v) is 11.6. The van der Waals surface area contributed by atoms with Gasteiger partial charge in [0.1, 0.15) is 39.0 Å². The van der Waals surface area contributed by atoms with Crippen LogP contribution in [0.15, 0.2) is 36.4 Å². The summed E-state index contributed by atoms with van der Waals surface area (Å²) in [6.45, 7) is 20.1. The molecule has 8 heteroatoms. The Kier molecular flexibility index (Phi) is 7.67. The van der Waals surface area contributed by atoms with Gasteiger partial charge >= 0.3 is 0 Å². The fourth-order valence-electron chi connectivity index (χ4n) is 6.48. The smallest absolute Gasteiger partial charge is 0.184 e. The Morgan fingerprint density at radius 1 is 0.744 bits per heavy atom. The molecule has 5 aliphatic rings. The molecular formula is C31H45N4O4+. The van der Waals surface area contributed by atoms with E-state index in [0.29, 0.717) is 32.5 Å². The van der Waals surface area contributed by atoms with Crippen LogP contribution in [0.5, 0.6) is 23.0 Å². The third-order valence-corrected chi connectivity index (χ3v) is 9.36. The van der Waals surface area contributed by atoms with Crippen molar-refractivity contribution in [3.05, 3.63) is 36.4 Å². The van der Waals surface area contributed by atoms with Crippen molar-refractivity contribution in [1.82, 2.24) is 4.90 Å². The molecular weight excluding hydrogens is 492 g/mol. The van der Waals surface area contributed by atoms with Crippen LogP contribution in [0.2, 0.25) is 0 Å². The van der Waals surface area contributed by atoms with Crippen LogP contribution in [0, 0.1) is 0 Å². The number of ether oxygens (including phenoxy) is 4. The largest absolute Gasteiger partial charge is 0.486 e. The molecule has 0 amide bonds. The highest BCUT2D eigenvalue weighted by molar-refractivity contribution is 5.66. The van der Waals surface area contributed by atoms with Crippen LogP contribution in [0.25, 0.3) is 0 Å². The number of quaternary nitrogens is 1. The van der Waals surface area contributed by atoms with Crippen LogP contribution >= 0.6 is 0 Å². The van der Waals surface area contributed by atoms with Gasteiger partial charge in [0.15, 0.2) is 23.0 Å². The van der Waals surface area contributed by atoms with E-state index in [0.717, 1.165) is 68.3 Å². The Balaban J connectivity index is 0.000000142. The normalized spacial score (nSPS) is 24.0. The molecule has 0 saturated carbocycles. The predicted octanol–water partition coefficient (Wildman–Crippen LogP) is 3.88. The van der Waals surface area contributed by atoms with E-state index in [-0.39, 0.29) is 0 Å². The Morgan fingerprint density at radius 2 is 1.23 bits per heavy atom. The summed E-state index contributed by atoms with van der Waals surface area (Å²) < 4.78 is 24.3. The van der Waals surface area contributed by atoms with Gasteiger partial charge in [-0.3, -0.25) is 4.90 Å². The van der Waals surface area contributed by atoms with E-state index in [2.05, 4.69) is 59.7 Å². The quantitative estimate of drug-likeness (QED) is 0.433. The summed E-state index contributed by atoms with van der Waals surface area (Å²) in [5, 5.41) is 0. The van der Waals surface area contributed by atoms with Crippen LogP contribution in [-0.4, -0.2) is 107 Å². The molecule has 2 aromatic carbocycles. The second kappa shape index (κ2) is 11.3. The van der Waals surface area contributed by atoms with Crippen LogP contribution in [0.4, 0.5) is 11.4 Å². The van der Waals surface area contributed by atoms with Crippen molar-refractivity contribution >= 4 is 11.4 Å². The first kappa shape index (κ1) is 26.4. The molecule has 0 aliphatic carbocycles. The van der Waals surface area contributed by atoms with Gasteiger partial charge in [0.25, 0.3) is 0 Å². The summed E-state index contributed by atoms with van der Waals surface area (Å²) in [6.07, 6.45) is 1.22.